The summed E-state index contributed by atoms with van der Waals surface area (Å²) in [6.07, 6.45) is -3.38. The van der Waals surface area contributed by atoms with Gasteiger partial charge in [-0.05, 0) is 50.5 Å². The molecule has 0 spiro atoms. The van der Waals surface area contributed by atoms with E-state index in [9.17, 15) is 32.3 Å². The van der Waals surface area contributed by atoms with Crippen molar-refractivity contribution in [2.45, 2.75) is 6.18 Å². The summed E-state index contributed by atoms with van der Waals surface area (Å²) >= 11 is 6.37. The fraction of sp³-hybridized carbons (Fsp3) is 0.405. The van der Waals surface area contributed by atoms with Crippen LogP contribution in [0.25, 0.3) is 23.0 Å². The van der Waals surface area contributed by atoms with Gasteiger partial charge in [0, 0.05) is 78.1 Å². The maximum absolute atomic E-state index is 13.9. The number of hydrogen-bond donors (Lipinski definition) is 0. The highest BCUT2D eigenvalue weighted by molar-refractivity contribution is 6.36. The molecule has 0 unspecified atom stereocenters. The number of halogens is 4. The molecular weight excluding hydrogens is 775 g/mol. The first kappa shape index (κ1) is 41.0. The van der Waals surface area contributed by atoms with Crippen LogP contribution in [0, 0.1) is 0 Å². The standard InChI is InChI=1S/C21H21ClF3N5O3.C16H20N4O4/c1-28-6-8-29(9-7-28)20(31)18-17(22)19-26-13(11-16(21(23,24)25)30(19)27-18)12-4-5-14(32-2)15(10-12)33-3;1-17-6-8-20(9-7-17)13-5-4-11(24-13)10-12-14(21)18(2)16(23)19(3)15(12)22/h4-5,10-11H,6-9H2,1-3H3;4-5,10H,6-9H2,1-3H3. The zero-order valence-electron chi connectivity index (χ0n) is 32.1. The highest BCUT2D eigenvalue weighted by Crippen LogP contribution is 2.37. The molecule has 3 aliphatic rings. The SMILES string of the molecule is CN1CCN(c2ccc(C=C3C(=O)N(C)C(=O)N(C)C3=O)o2)CC1.COc1ccc(-c2cc(C(F)(F)F)n3nc(C(=O)N4CCN(C)CC4)c(Cl)c3n2)cc1OC. The lowest BCUT2D eigenvalue weighted by Crippen LogP contribution is -2.52. The molecule has 57 heavy (non-hydrogen) atoms. The molecule has 0 aliphatic carbocycles. The number of aromatic nitrogens is 3. The van der Waals surface area contributed by atoms with E-state index >= 15 is 0 Å². The van der Waals surface area contributed by atoms with Crippen LogP contribution in [0.2, 0.25) is 5.02 Å². The smallest absolute Gasteiger partial charge is 0.433 e. The number of nitrogens with zero attached hydrogens (tertiary/aromatic N) is 9. The molecule has 0 bridgehead atoms. The second-order valence-electron chi connectivity index (χ2n) is 13.6. The van der Waals surface area contributed by atoms with Crippen molar-refractivity contribution in [2.75, 3.05) is 99.7 Å². The van der Waals surface area contributed by atoms with Gasteiger partial charge in [0.2, 0.25) is 0 Å². The van der Waals surface area contributed by atoms with E-state index in [0.717, 1.165) is 42.0 Å². The number of rotatable bonds is 6. The van der Waals surface area contributed by atoms with Crippen molar-refractivity contribution < 1.29 is 46.2 Å². The number of barbiturate groups is 1. The molecular formula is C37H41ClF3N9O7. The van der Waals surface area contributed by atoms with Crippen LogP contribution in [0.1, 0.15) is 21.9 Å². The van der Waals surface area contributed by atoms with Crippen LogP contribution in [-0.4, -0.2) is 158 Å². The minimum atomic E-state index is -4.77. The number of alkyl halides is 3. The highest BCUT2D eigenvalue weighted by atomic mass is 35.5. The Morgan fingerprint density at radius 2 is 1.42 bits per heavy atom. The number of imide groups is 2. The van der Waals surface area contributed by atoms with E-state index < -0.39 is 35.6 Å². The molecule has 3 aromatic heterocycles. The number of urea groups is 1. The summed E-state index contributed by atoms with van der Waals surface area (Å²) < 4.78 is 58.6. The molecule has 3 saturated heterocycles. The van der Waals surface area contributed by atoms with Crippen molar-refractivity contribution in [3.05, 3.63) is 64.1 Å². The summed E-state index contributed by atoms with van der Waals surface area (Å²) in [5.74, 6) is 0.0949. The molecule has 0 saturated carbocycles. The number of methoxy groups -OCH3 is 2. The van der Waals surface area contributed by atoms with Crippen LogP contribution in [-0.2, 0) is 15.8 Å². The van der Waals surface area contributed by atoms with Gasteiger partial charge in [-0.15, -0.1) is 0 Å². The van der Waals surface area contributed by atoms with Crippen molar-refractivity contribution in [1.82, 2.24) is 39.1 Å². The van der Waals surface area contributed by atoms with Gasteiger partial charge in [-0.2, -0.15) is 18.3 Å². The van der Waals surface area contributed by atoms with E-state index in [4.69, 9.17) is 25.5 Å². The van der Waals surface area contributed by atoms with E-state index in [-0.39, 0.29) is 27.6 Å². The molecule has 4 aromatic rings. The molecule has 3 fully saturated rings. The predicted molar refractivity (Wildman–Crippen MR) is 202 cm³/mol. The monoisotopic (exact) mass is 815 g/mol. The topological polar surface area (TPSA) is 150 Å². The Morgan fingerprint density at radius 3 is 2.00 bits per heavy atom. The lowest BCUT2D eigenvalue weighted by atomic mass is 10.1. The summed E-state index contributed by atoms with van der Waals surface area (Å²) in [6.45, 7) is 5.76. The molecule has 0 atom stereocenters. The number of anilines is 1. The quantitative estimate of drug-likeness (QED) is 0.205. The number of carbonyl (C=O) groups excluding carboxylic acids is 4. The van der Waals surface area contributed by atoms with Crippen LogP contribution in [0.5, 0.6) is 11.5 Å². The fourth-order valence-electron chi connectivity index (χ4n) is 6.37. The maximum Gasteiger partial charge on any atom is 0.433 e. The predicted octanol–water partition coefficient (Wildman–Crippen LogP) is 3.94. The molecule has 5 amide bonds. The Hall–Kier alpha value is -5.66. The lowest BCUT2D eigenvalue weighted by Gasteiger charge is -2.32. The normalized spacial score (nSPS) is 17.3. The van der Waals surface area contributed by atoms with Crippen LogP contribution in [0.3, 0.4) is 0 Å². The Balaban J connectivity index is 0.000000203. The number of likely N-dealkylation sites (N-methyl/N-ethyl adjacent to an activating group) is 4. The molecule has 6 heterocycles. The number of amides is 5. The van der Waals surface area contributed by atoms with E-state index in [1.807, 2.05) is 18.0 Å². The van der Waals surface area contributed by atoms with Gasteiger partial charge in [-0.25, -0.2) is 14.3 Å². The second kappa shape index (κ2) is 16.4. The molecule has 304 valence electrons. The van der Waals surface area contributed by atoms with Crippen molar-refractivity contribution in [3.63, 3.8) is 0 Å². The minimum Gasteiger partial charge on any atom is -0.493 e. The third-order valence-corrected chi connectivity index (χ3v) is 10.2. The number of hydrogen-bond acceptors (Lipinski definition) is 12. The Labute approximate surface area is 330 Å². The lowest BCUT2D eigenvalue weighted by molar-refractivity contribution is -0.142. The summed E-state index contributed by atoms with van der Waals surface area (Å²) in [4.78, 5) is 63.1. The van der Waals surface area contributed by atoms with E-state index in [1.54, 1.807) is 18.2 Å². The first-order chi connectivity index (χ1) is 27.0. The molecule has 7 rings (SSSR count). The van der Waals surface area contributed by atoms with Gasteiger partial charge >= 0.3 is 12.2 Å². The van der Waals surface area contributed by atoms with Crippen LogP contribution in [0.15, 0.2) is 46.4 Å². The molecule has 0 radical (unpaired) electrons. The van der Waals surface area contributed by atoms with Crippen molar-refractivity contribution in [1.29, 1.82) is 0 Å². The van der Waals surface area contributed by atoms with Gasteiger partial charge in [0.25, 0.3) is 17.7 Å². The molecule has 0 N–H and O–H groups in total. The third-order valence-electron chi connectivity index (χ3n) is 9.85. The summed E-state index contributed by atoms with van der Waals surface area (Å²) in [5.41, 5.74) is -1.35. The van der Waals surface area contributed by atoms with Crippen molar-refractivity contribution in [2.24, 2.45) is 0 Å². The zero-order valence-corrected chi connectivity index (χ0v) is 32.8. The molecule has 3 aliphatic heterocycles. The summed E-state index contributed by atoms with van der Waals surface area (Å²) in [5, 5.41) is 3.69. The van der Waals surface area contributed by atoms with Gasteiger partial charge in [-0.3, -0.25) is 24.2 Å². The zero-order chi connectivity index (χ0) is 41.3. The second-order valence-corrected chi connectivity index (χ2v) is 14.0. The molecule has 16 nitrogen and oxygen atoms in total. The average Bonchev–Trinajstić information content (AvgIpc) is 3.81. The van der Waals surface area contributed by atoms with E-state index in [0.29, 0.717) is 59.4 Å². The van der Waals surface area contributed by atoms with Crippen molar-refractivity contribution in [3.8, 4) is 22.8 Å². The third kappa shape index (κ3) is 8.40. The number of piperazine rings is 2. The van der Waals surface area contributed by atoms with Crippen LogP contribution in [0.4, 0.5) is 23.8 Å². The highest BCUT2D eigenvalue weighted by Gasteiger charge is 2.39. The average molecular weight is 816 g/mol. The van der Waals surface area contributed by atoms with Gasteiger partial charge in [0.1, 0.15) is 16.4 Å². The number of ether oxygens (including phenoxy) is 2. The van der Waals surface area contributed by atoms with Crippen LogP contribution < -0.4 is 14.4 Å². The first-order valence-corrected chi connectivity index (χ1v) is 18.1. The number of carbonyl (C=O) groups is 4. The minimum absolute atomic E-state index is 0.00354. The Bertz CT molecular complexity index is 2200. The van der Waals surface area contributed by atoms with Gasteiger partial charge < -0.3 is 33.5 Å². The number of furan rings is 1. The Kier molecular flexibility index (Phi) is 11.8. The number of fused-ring (bicyclic) bond motifs is 1. The Morgan fingerprint density at radius 1 is 0.825 bits per heavy atom. The maximum atomic E-state index is 13.9. The van der Waals surface area contributed by atoms with E-state index in [2.05, 4.69) is 26.9 Å². The summed E-state index contributed by atoms with van der Waals surface area (Å²) in [6, 6.07) is 8.40. The van der Waals surface area contributed by atoms with Gasteiger partial charge in [-0.1, -0.05) is 11.6 Å². The molecule has 1 aromatic carbocycles. The number of benzene rings is 1. The fourth-order valence-corrected chi connectivity index (χ4v) is 6.61. The van der Waals surface area contributed by atoms with E-state index in [1.165, 1.54) is 45.4 Å². The first-order valence-electron chi connectivity index (χ1n) is 17.7. The van der Waals surface area contributed by atoms with Gasteiger partial charge in [0.05, 0.1) is 19.9 Å². The van der Waals surface area contributed by atoms with Crippen LogP contribution >= 0.6 is 11.6 Å². The van der Waals surface area contributed by atoms with Gasteiger partial charge in [0.15, 0.2) is 34.4 Å². The summed E-state index contributed by atoms with van der Waals surface area (Å²) in [7, 11) is 9.56. The molecule has 20 heteroatoms. The largest absolute Gasteiger partial charge is 0.493 e. The van der Waals surface area contributed by atoms with Crippen molar-refractivity contribution >= 4 is 53.0 Å².